The quantitative estimate of drug-likeness (QED) is 0.689. The van der Waals surface area contributed by atoms with E-state index in [0.717, 1.165) is 12.1 Å². The normalized spacial score (nSPS) is 10.2. The molecular formula is C16H11F4N3O. The van der Waals surface area contributed by atoms with E-state index in [2.05, 4.69) is 5.32 Å². The summed E-state index contributed by atoms with van der Waals surface area (Å²) in [5.41, 5.74) is -0.600. The number of anilines is 2. The van der Waals surface area contributed by atoms with Gasteiger partial charge in [-0.05, 0) is 24.3 Å². The molecule has 24 heavy (non-hydrogen) atoms. The summed E-state index contributed by atoms with van der Waals surface area (Å²) in [6.45, 7) is -0.365. The van der Waals surface area contributed by atoms with E-state index < -0.39 is 34.9 Å². The molecule has 0 bridgehead atoms. The molecule has 2 rings (SSSR count). The zero-order valence-corrected chi connectivity index (χ0v) is 12.4. The Bertz CT molecular complexity index is 833. The van der Waals surface area contributed by atoms with Gasteiger partial charge in [-0.1, -0.05) is 6.07 Å². The van der Waals surface area contributed by atoms with E-state index >= 15 is 0 Å². The van der Waals surface area contributed by atoms with Gasteiger partial charge in [0.05, 0.1) is 17.9 Å². The molecule has 0 aliphatic carbocycles. The molecule has 0 unspecified atom stereocenters. The van der Waals surface area contributed by atoms with E-state index in [1.807, 2.05) is 0 Å². The molecule has 1 amide bonds. The van der Waals surface area contributed by atoms with Crippen LogP contribution in [0.4, 0.5) is 28.9 Å². The van der Waals surface area contributed by atoms with Crippen molar-refractivity contribution in [2.75, 3.05) is 23.8 Å². The smallest absolute Gasteiger partial charge is 0.243 e. The molecule has 124 valence electrons. The average Bonchev–Trinajstić information content (AvgIpc) is 2.55. The molecule has 8 heteroatoms. The van der Waals surface area contributed by atoms with E-state index in [1.165, 1.54) is 24.1 Å². The van der Waals surface area contributed by atoms with E-state index in [4.69, 9.17) is 5.26 Å². The molecule has 0 aliphatic heterocycles. The molecular weight excluding hydrogens is 326 g/mol. The SMILES string of the molecule is CN(CC(=O)Nc1ccc(F)c(F)c1F)c1cccc(F)c1C#N. The summed E-state index contributed by atoms with van der Waals surface area (Å²) in [6, 6.07) is 7.16. The second-order valence-corrected chi connectivity index (χ2v) is 4.87. The maximum absolute atomic E-state index is 13.6. The maximum Gasteiger partial charge on any atom is 0.243 e. The van der Waals surface area contributed by atoms with Crippen LogP contribution >= 0.6 is 0 Å². The van der Waals surface area contributed by atoms with Crippen molar-refractivity contribution >= 4 is 17.3 Å². The predicted octanol–water partition coefficient (Wildman–Crippen LogP) is 3.19. The molecule has 0 spiro atoms. The highest BCUT2D eigenvalue weighted by Gasteiger charge is 2.18. The number of carbonyl (C=O) groups excluding carboxylic acids is 1. The molecule has 1 N–H and O–H groups in total. The minimum atomic E-state index is -1.70. The van der Waals surface area contributed by atoms with Crippen LogP contribution in [-0.4, -0.2) is 19.5 Å². The van der Waals surface area contributed by atoms with Crippen molar-refractivity contribution in [1.29, 1.82) is 5.26 Å². The van der Waals surface area contributed by atoms with Gasteiger partial charge in [0.1, 0.15) is 17.4 Å². The first-order chi connectivity index (χ1) is 11.3. The fourth-order valence-corrected chi connectivity index (χ4v) is 2.05. The van der Waals surface area contributed by atoms with E-state index in [-0.39, 0.29) is 17.8 Å². The van der Waals surface area contributed by atoms with Gasteiger partial charge in [-0.2, -0.15) is 5.26 Å². The highest BCUT2D eigenvalue weighted by atomic mass is 19.2. The van der Waals surface area contributed by atoms with Crippen LogP contribution in [0.25, 0.3) is 0 Å². The summed E-state index contributed by atoms with van der Waals surface area (Å²) in [5, 5.41) is 11.1. The number of halogens is 4. The van der Waals surface area contributed by atoms with E-state index in [0.29, 0.717) is 6.07 Å². The minimum absolute atomic E-state index is 0.165. The van der Waals surface area contributed by atoms with Crippen molar-refractivity contribution < 1.29 is 22.4 Å². The number of likely N-dealkylation sites (N-methyl/N-ethyl adjacent to an activating group) is 1. The summed E-state index contributed by atoms with van der Waals surface area (Å²) in [5.74, 6) is -6.09. The Kier molecular flexibility index (Phi) is 5.04. The van der Waals surface area contributed by atoms with E-state index in [9.17, 15) is 22.4 Å². The van der Waals surface area contributed by atoms with Gasteiger partial charge in [0.25, 0.3) is 0 Å². The van der Waals surface area contributed by atoms with Gasteiger partial charge >= 0.3 is 0 Å². The molecule has 4 nitrogen and oxygen atoms in total. The highest BCUT2D eigenvalue weighted by Crippen LogP contribution is 2.22. The molecule has 0 fully saturated rings. The van der Waals surface area contributed by atoms with Crippen molar-refractivity contribution in [2.45, 2.75) is 0 Å². The van der Waals surface area contributed by atoms with Gasteiger partial charge in [-0.3, -0.25) is 4.79 Å². The van der Waals surface area contributed by atoms with Crippen LogP contribution in [-0.2, 0) is 4.79 Å². The molecule has 0 aromatic heterocycles. The molecule has 0 radical (unpaired) electrons. The fraction of sp³-hybridized carbons (Fsp3) is 0.125. The Morgan fingerprint density at radius 1 is 1.12 bits per heavy atom. The van der Waals surface area contributed by atoms with Gasteiger partial charge < -0.3 is 10.2 Å². The average molecular weight is 337 g/mol. The monoisotopic (exact) mass is 337 g/mol. The molecule has 2 aromatic rings. The second-order valence-electron chi connectivity index (χ2n) is 4.87. The Balaban J connectivity index is 2.15. The summed E-state index contributed by atoms with van der Waals surface area (Å²) in [4.78, 5) is 13.2. The first kappa shape index (κ1) is 17.3. The third-order valence-corrected chi connectivity index (χ3v) is 3.20. The minimum Gasteiger partial charge on any atom is -0.364 e. The Labute approximate surface area is 134 Å². The first-order valence-electron chi connectivity index (χ1n) is 6.68. The number of amides is 1. The van der Waals surface area contributed by atoms with Gasteiger partial charge in [-0.15, -0.1) is 0 Å². The van der Waals surface area contributed by atoms with Crippen LogP contribution in [0, 0.1) is 34.6 Å². The van der Waals surface area contributed by atoms with Gasteiger partial charge in [0.2, 0.25) is 5.91 Å². The van der Waals surface area contributed by atoms with Crippen LogP contribution in [0.2, 0.25) is 0 Å². The molecule has 0 saturated carbocycles. The van der Waals surface area contributed by atoms with Crippen LogP contribution in [0.15, 0.2) is 30.3 Å². The summed E-state index contributed by atoms with van der Waals surface area (Å²) < 4.78 is 53.0. The lowest BCUT2D eigenvalue weighted by molar-refractivity contribution is -0.114. The zero-order chi connectivity index (χ0) is 17.9. The number of benzene rings is 2. The van der Waals surface area contributed by atoms with E-state index in [1.54, 1.807) is 6.07 Å². The standard InChI is InChI=1S/C16H11F4N3O/c1-23(13-4-2-3-10(17)9(13)7-21)8-14(24)22-12-6-5-11(18)15(19)16(12)20/h2-6H,8H2,1H3,(H,22,24). The highest BCUT2D eigenvalue weighted by molar-refractivity contribution is 5.94. The van der Waals surface area contributed by atoms with Crippen LogP contribution in [0.1, 0.15) is 5.56 Å². The predicted molar refractivity (Wildman–Crippen MR) is 79.3 cm³/mol. The maximum atomic E-state index is 13.6. The third kappa shape index (κ3) is 3.46. The zero-order valence-electron chi connectivity index (χ0n) is 12.4. The number of hydrogen-bond donors (Lipinski definition) is 1. The topological polar surface area (TPSA) is 56.1 Å². The van der Waals surface area contributed by atoms with Gasteiger partial charge in [0.15, 0.2) is 17.5 Å². The number of nitriles is 1. The summed E-state index contributed by atoms with van der Waals surface area (Å²) in [6.07, 6.45) is 0. The molecule has 0 saturated heterocycles. The van der Waals surface area contributed by atoms with Crippen molar-refractivity contribution in [3.63, 3.8) is 0 Å². The first-order valence-corrected chi connectivity index (χ1v) is 6.68. The number of nitrogens with zero attached hydrogens (tertiary/aromatic N) is 2. The lowest BCUT2D eigenvalue weighted by Crippen LogP contribution is -2.31. The molecule has 2 aromatic carbocycles. The molecule has 0 heterocycles. The lowest BCUT2D eigenvalue weighted by Gasteiger charge is -2.20. The van der Waals surface area contributed by atoms with Crippen LogP contribution in [0.3, 0.4) is 0 Å². The Morgan fingerprint density at radius 2 is 1.83 bits per heavy atom. The number of hydrogen-bond acceptors (Lipinski definition) is 3. The van der Waals surface area contributed by atoms with Crippen LogP contribution in [0.5, 0.6) is 0 Å². The van der Waals surface area contributed by atoms with Crippen molar-refractivity contribution in [2.24, 2.45) is 0 Å². The number of nitrogens with one attached hydrogen (secondary N) is 1. The number of rotatable bonds is 4. The van der Waals surface area contributed by atoms with Crippen molar-refractivity contribution in [3.05, 3.63) is 59.2 Å². The van der Waals surface area contributed by atoms with Gasteiger partial charge in [0, 0.05) is 7.05 Å². The Morgan fingerprint density at radius 3 is 2.50 bits per heavy atom. The fourth-order valence-electron chi connectivity index (χ4n) is 2.05. The summed E-state index contributed by atoms with van der Waals surface area (Å²) >= 11 is 0. The summed E-state index contributed by atoms with van der Waals surface area (Å²) in [7, 11) is 1.43. The Hall–Kier alpha value is -3.08. The van der Waals surface area contributed by atoms with Gasteiger partial charge in [-0.25, -0.2) is 17.6 Å². The number of carbonyl (C=O) groups is 1. The van der Waals surface area contributed by atoms with Crippen molar-refractivity contribution in [1.82, 2.24) is 0 Å². The third-order valence-electron chi connectivity index (χ3n) is 3.20. The van der Waals surface area contributed by atoms with Crippen LogP contribution < -0.4 is 10.2 Å². The lowest BCUT2D eigenvalue weighted by atomic mass is 10.1. The second kappa shape index (κ2) is 7.00. The largest absolute Gasteiger partial charge is 0.364 e. The molecule has 0 aliphatic rings. The molecule has 0 atom stereocenters. The van der Waals surface area contributed by atoms with Crippen molar-refractivity contribution in [3.8, 4) is 6.07 Å².